The molecule has 5 nitrogen and oxygen atoms in total. The number of nitrogens with two attached hydrogens (primary N) is 1. The molecule has 2 fully saturated rings. The van der Waals surface area contributed by atoms with Crippen molar-refractivity contribution in [3.63, 3.8) is 0 Å². The van der Waals surface area contributed by atoms with Crippen molar-refractivity contribution in [3.8, 4) is 0 Å². The minimum Gasteiger partial charge on any atom is -0.462 e. The van der Waals surface area contributed by atoms with E-state index < -0.39 is 6.03 Å². The number of hydrogen-bond acceptors (Lipinski definition) is 3. The first-order chi connectivity index (χ1) is 10.1. The van der Waals surface area contributed by atoms with Crippen molar-refractivity contribution in [2.24, 2.45) is 23.5 Å². The average Bonchev–Trinajstić information content (AvgIpc) is 3.06. The van der Waals surface area contributed by atoms with Gasteiger partial charge in [0.2, 0.25) is 0 Å². The van der Waals surface area contributed by atoms with Crippen LogP contribution in [0.4, 0.5) is 10.5 Å². The van der Waals surface area contributed by atoms with Crippen molar-refractivity contribution in [2.75, 3.05) is 11.9 Å². The number of carbonyl (C=O) groups excluding carboxylic acids is 2. The smallest absolute Gasteiger partial charge is 0.338 e. The second-order valence-corrected chi connectivity index (χ2v) is 6.10. The number of ether oxygens (including phenoxy) is 1. The van der Waals surface area contributed by atoms with Gasteiger partial charge >= 0.3 is 12.0 Å². The van der Waals surface area contributed by atoms with Crippen LogP contribution in [0, 0.1) is 17.8 Å². The zero-order valence-electron chi connectivity index (χ0n) is 11.9. The monoisotopic (exact) mass is 288 g/mol. The van der Waals surface area contributed by atoms with E-state index >= 15 is 0 Å². The van der Waals surface area contributed by atoms with Crippen molar-refractivity contribution in [3.05, 3.63) is 29.8 Å². The molecule has 0 aliphatic heterocycles. The number of anilines is 1. The molecule has 1 aromatic rings. The standard InChI is InChI=1S/C16H20N2O3/c17-16(20)18-14-3-1-2-12(8-14)15(19)21-9-13-7-10-4-5-11(13)6-10/h1-3,8,10-11,13H,4-7,9H2,(H3,17,18,20)/t10-,11-,13-/m0/s1. The Morgan fingerprint density at radius 1 is 1.29 bits per heavy atom. The lowest BCUT2D eigenvalue weighted by Gasteiger charge is -2.21. The second-order valence-electron chi connectivity index (χ2n) is 6.10. The van der Waals surface area contributed by atoms with Gasteiger partial charge in [-0.25, -0.2) is 9.59 Å². The number of carbonyl (C=O) groups is 2. The summed E-state index contributed by atoms with van der Waals surface area (Å²) in [4.78, 5) is 22.9. The minimum absolute atomic E-state index is 0.342. The fourth-order valence-electron chi connectivity index (χ4n) is 3.71. The molecular weight excluding hydrogens is 268 g/mol. The number of nitrogens with one attached hydrogen (secondary N) is 1. The van der Waals surface area contributed by atoms with Gasteiger partial charge in [0.15, 0.2) is 0 Å². The summed E-state index contributed by atoms with van der Waals surface area (Å²) in [6.07, 6.45) is 5.13. The summed E-state index contributed by atoms with van der Waals surface area (Å²) in [5.41, 5.74) is 5.99. The highest BCUT2D eigenvalue weighted by Gasteiger charge is 2.39. The van der Waals surface area contributed by atoms with E-state index in [0.29, 0.717) is 23.8 Å². The molecule has 0 heterocycles. The third-order valence-electron chi connectivity index (χ3n) is 4.68. The molecule has 112 valence electrons. The molecule has 0 saturated heterocycles. The topological polar surface area (TPSA) is 81.4 Å². The summed E-state index contributed by atoms with van der Waals surface area (Å²) in [6.45, 7) is 0.507. The first-order valence-corrected chi connectivity index (χ1v) is 7.45. The zero-order valence-corrected chi connectivity index (χ0v) is 11.9. The first kappa shape index (κ1) is 13.9. The van der Waals surface area contributed by atoms with Gasteiger partial charge in [-0.05, 0) is 55.2 Å². The molecule has 3 rings (SSSR count). The highest BCUT2D eigenvalue weighted by molar-refractivity contribution is 5.93. The molecule has 5 heteroatoms. The lowest BCUT2D eigenvalue weighted by molar-refractivity contribution is 0.0394. The molecule has 3 N–H and O–H groups in total. The fraction of sp³-hybridized carbons (Fsp3) is 0.500. The third-order valence-corrected chi connectivity index (χ3v) is 4.68. The molecule has 0 unspecified atom stereocenters. The first-order valence-electron chi connectivity index (χ1n) is 7.45. The van der Waals surface area contributed by atoms with Crippen molar-refractivity contribution >= 4 is 17.7 Å². The van der Waals surface area contributed by atoms with E-state index in [1.807, 2.05) is 0 Å². The third kappa shape index (κ3) is 3.17. The van der Waals surface area contributed by atoms with E-state index in [1.165, 1.54) is 25.7 Å². The van der Waals surface area contributed by atoms with Crippen LogP contribution in [0.2, 0.25) is 0 Å². The Balaban J connectivity index is 1.56. The van der Waals surface area contributed by atoms with Crippen LogP contribution in [0.5, 0.6) is 0 Å². The van der Waals surface area contributed by atoms with Crippen LogP contribution in [-0.4, -0.2) is 18.6 Å². The SMILES string of the molecule is NC(=O)Nc1cccc(C(=O)OC[C@@H]2C[C@H]3CC[C@H]2C3)c1. The molecule has 2 saturated carbocycles. The number of hydrogen-bond donors (Lipinski definition) is 2. The fourth-order valence-corrected chi connectivity index (χ4v) is 3.71. The molecule has 0 aromatic heterocycles. The van der Waals surface area contributed by atoms with Crippen molar-refractivity contribution in [1.29, 1.82) is 0 Å². The van der Waals surface area contributed by atoms with Gasteiger partial charge in [0.25, 0.3) is 0 Å². The van der Waals surface area contributed by atoms with E-state index in [1.54, 1.807) is 24.3 Å². The Morgan fingerprint density at radius 3 is 2.81 bits per heavy atom. The van der Waals surface area contributed by atoms with Crippen LogP contribution in [0.1, 0.15) is 36.0 Å². The molecule has 1 aromatic carbocycles. The van der Waals surface area contributed by atoms with Crippen LogP contribution >= 0.6 is 0 Å². The predicted molar refractivity (Wildman–Crippen MR) is 78.9 cm³/mol. The predicted octanol–water partition coefficient (Wildman–Crippen LogP) is 2.77. The van der Waals surface area contributed by atoms with Gasteiger partial charge in [-0.2, -0.15) is 0 Å². The van der Waals surface area contributed by atoms with Gasteiger partial charge in [-0.3, -0.25) is 0 Å². The molecule has 2 bridgehead atoms. The number of amides is 2. The Hall–Kier alpha value is -2.04. The van der Waals surface area contributed by atoms with Crippen LogP contribution < -0.4 is 11.1 Å². The lowest BCUT2D eigenvalue weighted by Crippen LogP contribution is -2.20. The molecule has 3 atom stereocenters. The van der Waals surface area contributed by atoms with E-state index in [0.717, 1.165) is 11.8 Å². The van der Waals surface area contributed by atoms with Gasteiger partial charge in [0, 0.05) is 5.69 Å². The lowest BCUT2D eigenvalue weighted by atomic mass is 9.89. The van der Waals surface area contributed by atoms with Gasteiger partial charge in [0.1, 0.15) is 0 Å². The van der Waals surface area contributed by atoms with E-state index in [2.05, 4.69) is 5.32 Å². The van der Waals surface area contributed by atoms with Crippen LogP contribution in [-0.2, 0) is 4.74 Å². The molecular formula is C16H20N2O3. The van der Waals surface area contributed by atoms with E-state index in [9.17, 15) is 9.59 Å². The molecule has 2 aliphatic carbocycles. The number of urea groups is 1. The van der Waals surface area contributed by atoms with Gasteiger partial charge < -0.3 is 15.8 Å². The normalized spacial score (nSPS) is 26.6. The van der Waals surface area contributed by atoms with Crippen molar-refractivity contribution < 1.29 is 14.3 Å². The minimum atomic E-state index is -0.650. The van der Waals surface area contributed by atoms with Crippen molar-refractivity contribution in [1.82, 2.24) is 0 Å². The Labute approximate surface area is 123 Å². The maximum atomic E-state index is 12.1. The summed E-state index contributed by atoms with van der Waals surface area (Å²) in [6, 6.07) is 5.97. The summed E-state index contributed by atoms with van der Waals surface area (Å²) in [5, 5.41) is 2.45. The highest BCUT2D eigenvalue weighted by Crippen LogP contribution is 2.48. The maximum Gasteiger partial charge on any atom is 0.338 e. The molecule has 21 heavy (non-hydrogen) atoms. The maximum absolute atomic E-state index is 12.1. The number of esters is 1. The summed E-state index contributed by atoms with van der Waals surface area (Å²) in [5.74, 6) is 1.78. The summed E-state index contributed by atoms with van der Waals surface area (Å²) >= 11 is 0. The largest absolute Gasteiger partial charge is 0.462 e. The van der Waals surface area contributed by atoms with Gasteiger partial charge in [-0.15, -0.1) is 0 Å². The number of rotatable bonds is 4. The zero-order chi connectivity index (χ0) is 14.8. The Bertz CT molecular complexity index is 558. The van der Waals surface area contributed by atoms with Crippen LogP contribution in [0.3, 0.4) is 0 Å². The van der Waals surface area contributed by atoms with Gasteiger partial charge in [0.05, 0.1) is 12.2 Å². The van der Waals surface area contributed by atoms with Crippen LogP contribution in [0.15, 0.2) is 24.3 Å². The number of primary amides is 1. The van der Waals surface area contributed by atoms with Crippen molar-refractivity contribution in [2.45, 2.75) is 25.7 Å². The molecule has 2 amide bonds. The quantitative estimate of drug-likeness (QED) is 0.836. The van der Waals surface area contributed by atoms with Gasteiger partial charge in [-0.1, -0.05) is 12.5 Å². The van der Waals surface area contributed by atoms with E-state index in [4.69, 9.17) is 10.5 Å². The molecule has 0 spiro atoms. The molecule has 0 radical (unpaired) electrons. The highest BCUT2D eigenvalue weighted by atomic mass is 16.5. The van der Waals surface area contributed by atoms with E-state index in [-0.39, 0.29) is 5.97 Å². The number of fused-ring (bicyclic) bond motifs is 2. The average molecular weight is 288 g/mol. The summed E-state index contributed by atoms with van der Waals surface area (Å²) in [7, 11) is 0. The Morgan fingerprint density at radius 2 is 2.14 bits per heavy atom. The summed E-state index contributed by atoms with van der Waals surface area (Å²) < 4.78 is 5.44. The second kappa shape index (κ2) is 5.76. The molecule has 2 aliphatic rings. The van der Waals surface area contributed by atoms with Crippen LogP contribution in [0.25, 0.3) is 0 Å². The Kier molecular flexibility index (Phi) is 3.82. The number of benzene rings is 1.